The van der Waals surface area contributed by atoms with Gasteiger partial charge in [0.1, 0.15) is 5.75 Å². The molecule has 2 saturated heterocycles. The predicted octanol–water partition coefficient (Wildman–Crippen LogP) is 5.28. The number of alkyl halides is 3. The number of ether oxygens (including phenoxy) is 1. The van der Waals surface area contributed by atoms with Crippen LogP contribution >= 0.6 is 24.8 Å². The van der Waals surface area contributed by atoms with Gasteiger partial charge in [-0.2, -0.15) is 22.2 Å². The third-order valence-corrected chi connectivity index (χ3v) is 11.1. The molecule has 1 aromatic heterocycles. The molecule has 10 nitrogen and oxygen atoms in total. The molecular formula is C33H40Cl2F3N7O3S. The van der Waals surface area contributed by atoms with Gasteiger partial charge in [-0.15, -0.1) is 29.9 Å². The topological polar surface area (TPSA) is 96.7 Å². The number of hydrogen-bond donors (Lipinski definition) is 0. The van der Waals surface area contributed by atoms with E-state index in [0.29, 0.717) is 61.7 Å². The lowest BCUT2D eigenvalue weighted by Crippen LogP contribution is -2.67. The molecule has 2 aliphatic heterocycles. The minimum absolute atomic E-state index is 0. The summed E-state index contributed by atoms with van der Waals surface area (Å²) in [7, 11) is -1.88. The van der Waals surface area contributed by atoms with Crippen molar-refractivity contribution in [1.82, 2.24) is 34.3 Å². The summed E-state index contributed by atoms with van der Waals surface area (Å²) in [4.78, 5) is 4.72. The molecule has 0 amide bonds. The molecule has 266 valence electrons. The maximum Gasteiger partial charge on any atom is 0.453 e. The molecule has 2 aliphatic rings. The van der Waals surface area contributed by atoms with E-state index < -0.39 is 22.0 Å². The fraction of sp³-hybridized carbons (Fsp3) is 0.424. The molecule has 0 spiro atoms. The summed E-state index contributed by atoms with van der Waals surface area (Å²) in [5.74, 6) is -0.602. The van der Waals surface area contributed by atoms with Crippen molar-refractivity contribution < 1.29 is 26.3 Å². The number of halogens is 5. The van der Waals surface area contributed by atoms with E-state index in [1.54, 1.807) is 16.4 Å². The van der Waals surface area contributed by atoms with E-state index in [1.165, 1.54) is 13.2 Å². The first kappa shape index (κ1) is 38.5. The van der Waals surface area contributed by atoms with Gasteiger partial charge in [-0.05, 0) is 46.2 Å². The normalized spacial score (nSPS) is 19.1. The number of aromatic nitrogens is 4. The Labute approximate surface area is 297 Å². The zero-order valence-electron chi connectivity index (χ0n) is 27.1. The average Bonchev–Trinajstić information content (AvgIpc) is 3.57. The highest BCUT2D eigenvalue weighted by Gasteiger charge is 2.44. The number of nitrogens with zero attached hydrogens (tertiary/aromatic N) is 7. The molecule has 3 aromatic carbocycles. The molecule has 0 unspecified atom stereocenters. The molecule has 4 aromatic rings. The Bertz CT molecular complexity index is 1730. The van der Waals surface area contributed by atoms with E-state index in [2.05, 4.69) is 49.6 Å². The molecule has 0 aliphatic carbocycles. The Balaban J connectivity index is 0.00000270. The first-order chi connectivity index (χ1) is 22.6. The van der Waals surface area contributed by atoms with Crippen LogP contribution in [0.25, 0.3) is 5.69 Å². The molecule has 0 radical (unpaired) electrons. The molecule has 0 N–H and O–H groups in total. The Morgan fingerprint density at radius 2 is 1.57 bits per heavy atom. The van der Waals surface area contributed by atoms with Crippen molar-refractivity contribution in [2.24, 2.45) is 0 Å². The van der Waals surface area contributed by atoms with E-state index >= 15 is 0 Å². The van der Waals surface area contributed by atoms with Crippen molar-refractivity contribution in [3.05, 3.63) is 101 Å². The number of hydrogen-bond acceptors (Lipinski definition) is 8. The highest BCUT2D eigenvalue weighted by molar-refractivity contribution is 7.89. The second kappa shape index (κ2) is 16.2. The number of sulfonamides is 1. The number of methoxy groups -OCH3 is 1. The summed E-state index contributed by atoms with van der Waals surface area (Å²) in [5, 5.41) is 10.1. The average molecular weight is 743 g/mol. The molecule has 3 heterocycles. The molecule has 0 saturated carbocycles. The summed E-state index contributed by atoms with van der Waals surface area (Å²) < 4.78 is 75.3. The van der Waals surface area contributed by atoms with Crippen LogP contribution in [-0.4, -0.2) is 100 Å². The van der Waals surface area contributed by atoms with Crippen LogP contribution in [0.3, 0.4) is 0 Å². The first-order valence-corrected chi connectivity index (χ1v) is 17.3. The van der Waals surface area contributed by atoms with Gasteiger partial charge < -0.3 is 4.74 Å². The van der Waals surface area contributed by atoms with Gasteiger partial charge in [-0.1, -0.05) is 67.6 Å². The molecule has 2 fully saturated rings. The number of rotatable bonds is 10. The van der Waals surface area contributed by atoms with Crippen molar-refractivity contribution in [3.63, 3.8) is 0 Å². The zero-order valence-corrected chi connectivity index (χ0v) is 29.6. The monoisotopic (exact) mass is 741 g/mol. The quantitative estimate of drug-likeness (QED) is 0.217. The summed E-state index contributed by atoms with van der Waals surface area (Å²) in [6.07, 6.45) is -4.19. The van der Waals surface area contributed by atoms with Crippen molar-refractivity contribution in [2.45, 2.75) is 44.1 Å². The minimum Gasteiger partial charge on any atom is -0.496 e. The van der Waals surface area contributed by atoms with E-state index in [-0.39, 0.29) is 54.3 Å². The van der Waals surface area contributed by atoms with Crippen LogP contribution in [0, 0.1) is 0 Å². The van der Waals surface area contributed by atoms with Gasteiger partial charge in [0, 0.05) is 62.8 Å². The van der Waals surface area contributed by atoms with Crippen molar-refractivity contribution in [3.8, 4) is 11.4 Å². The molecule has 6 rings (SSSR count). The molecule has 49 heavy (non-hydrogen) atoms. The molecule has 2 atom stereocenters. The molecule has 0 bridgehead atoms. The van der Waals surface area contributed by atoms with Crippen LogP contribution in [0.1, 0.15) is 41.8 Å². The highest BCUT2D eigenvalue weighted by atomic mass is 35.5. The van der Waals surface area contributed by atoms with Gasteiger partial charge in [0.15, 0.2) is 0 Å². The number of fused-ring (bicyclic) bond motifs is 1. The molecular weight excluding hydrogens is 702 g/mol. The van der Waals surface area contributed by atoms with Gasteiger partial charge in [0.05, 0.1) is 18.6 Å². The van der Waals surface area contributed by atoms with Crippen LogP contribution in [0.2, 0.25) is 0 Å². The van der Waals surface area contributed by atoms with Crippen LogP contribution < -0.4 is 4.74 Å². The van der Waals surface area contributed by atoms with Gasteiger partial charge in [-0.3, -0.25) is 9.80 Å². The summed E-state index contributed by atoms with van der Waals surface area (Å²) >= 11 is 0. The van der Waals surface area contributed by atoms with E-state index in [1.807, 2.05) is 43.3 Å². The Hall–Kier alpha value is -3.27. The van der Waals surface area contributed by atoms with Gasteiger partial charge in [-0.25, -0.2) is 8.42 Å². The molecule has 16 heteroatoms. The van der Waals surface area contributed by atoms with Gasteiger partial charge >= 0.3 is 6.18 Å². The fourth-order valence-electron chi connectivity index (χ4n) is 7.00. The summed E-state index contributed by atoms with van der Waals surface area (Å²) in [6, 6.07) is 25.2. The smallest absolute Gasteiger partial charge is 0.453 e. The van der Waals surface area contributed by atoms with Crippen molar-refractivity contribution >= 4 is 34.8 Å². The van der Waals surface area contributed by atoms with E-state index in [4.69, 9.17) is 4.74 Å². The Kier molecular flexibility index (Phi) is 12.7. The van der Waals surface area contributed by atoms with E-state index in [0.717, 1.165) is 11.1 Å². The van der Waals surface area contributed by atoms with Crippen molar-refractivity contribution in [2.75, 3.05) is 45.6 Å². The lowest BCUT2D eigenvalue weighted by molar-refractivity contribution is -0.146. The standard InChI is InChI=1S/C33H38F3N7O3S.2ClH/c1-3-18-47(44,45)41-16-17-42-28(22-41)21-40(23-29(42)31(24-10-6-4-7-11-24)25-12-8-5-9-13-25)20-26-19-27(14-15-30(26)46-2)43-32(33(34,35)36)37-38-39-43;;/h4-15,19,28-29,31H,3,16-18,20-23H2,1-2H3;2*1H/t28-,29+;;/m1../s1. The second-order valence-electron chi connectivity index (χ2n) is 12.0. The number of tetrazole rings is 1. The Morgan fingerprint density at radius 3 is 2.16 bits per heavy atom. The lowest BCUT2D eigenvalue weighted by atomic mass is 9.81. The summed E-state index contributed by atoms with van der Waals surface area (Å²) in [6.45, 7) is 4.82. The van der Waals surface area contributed by atoms with Gasteiger partial charge in [0.2, 0.25) is 10.0 Å². The van der Waals surface area contributed by atoms with Gasteiger partial charge in [0.25, 0.3) is 5.82 Å². The van der Waals surface area contributed by atoms with E-state index in [9.17, 15) is 21.6 Å². The van der Waals surface area contributed by atoms with Crippen molar-refractivity contribution in [1.29, 1.82) is 0 Å². The highest BCUT2D eigenvalue weighted by Crippen LogP contribution is 2.37. The summed E-state index contributed by atoms with van der Waals surface area (Å²) in [5.41, 5.74) is 3.14. The van der Waals surface area contributed by atoms with Crippen LogP contribution in [0.5, 0.6) is 5.75 Å². The number of benzene rings is 3. The largest absolute Gasteiger partial charge is 0.496 e. The fourth-order valence-corrected chi connectivity index (χ4v) is 8.54. The Morgan fingerprint density at radius 1 is 0.918 bits per heavy atom. The SMILES string of the molecule is CCCS(=O)(=O)N1CCN2[C@H](CN(Cc3cc(-n4nnnc4C(F)(F)F)ccc3OC)C[C@H]2C(c2ccccc2)c2ccccc2)C1.Cl.Cl. The lowest BCUT2D eigenvalue weighted by Gasteiger charge is -2.53. The zero-order chi connectivity index (χ0) is 33.2. The van der Waals surface area contributed by atoms with Crippen LogP contribution in [0.4, 0.5) is 13.2 Å². The van der Waals surface area contributed by atoms with Crippen LogP contribution in [-0.2, 0) is 22.7 Å². The minimum atomic E-state index is -4.73. The third kappa shape index (κ3) is 8.38. The second-order valence-corrected chi connectivity index (χ2v) is 14.1. The first-order valence-electron chi connectivity index (χ1n) is 15.7. The predicted molar refractivity (Wildman–Crippen MR) is 185 cm³/mol. The third-order valence-electron chi connectivity index (χ3n) is 9.01. The van der Waals surface area contributed by atoms with Crippen LogP contribution in [0.15, 0.2) is 78.9 Å². The maximum atomic E-state index is 13.7. The number of piperazine rings is 2. The maximum absolute atomic E-state index is 13.7.